The molecule has 29 nitrogen and oxygen atoms in total. The average Bonchev–Trinajstić information content (AvgIpc) is 1.80. The summed E-state index contributed by atoms with van der Waals surface area (Å²) in [6.07, 6.45) is -6.37. The molecule has 2 aromatic carbocycles. The van der Waals surface area contributed by atoms with Crippen molar-refractivity contribution in [3.63, 3.8) is 0 Å². The number of amides is 5. The lowest BCUT2D eigenvalue weighted by Gasteiger charge is -2.39. The molecule has 0 unspecified atom stereocenters. The van der Waals surface area contributed by atoms with Crippen molar-refractivity contribution in [2.45, 2.75) is 116 Å². The second-order valence-corrected chi connectivity index (χ2v) is 22.9. The van der Waals surface area contributed by atoms with Crippen LogP contribution in [-0.2, 0) is 115 Å². The van der Waals surface area contributed by atoms with Crippen LogP contribution in [0.15, 0.2) is 54.6 Å². The summed E-state index contributed by atoms with van der Waals surface area (Å²) in [5.74, 6) is -5.72. The Morgan fingerprint density at radius 3 is 1.47 bits per heavy atom. The third-order valence-corrected chi connectivity index (χ3v) is 14.2. The van der Waals surface area contributed by atoms with E-state index in [9.17, 15) is 54.0 Å². The lowest BCUT2D eigenvalue weighted by molar-refractivity contribution is -0.228. The molecule has 1 fully saturated rings. The zero-order valence-corrected chi connectivity index (χ0v) is 54.6. The van der Waals surface area contributed by atoms with Gasteiger partial charge in [-0.3, -0.25) is 33.7 Å². The van der Waals surface area contributed by atoms with Gasteiger partial charge in [0.15, 0.2) is 6.10 Å². The summed E-state index contributed by atoms with van der Waals surface area (Å²) in [6.45, 7) is 19.2. The number of aliphatic hydroxyl groups is 3. The number of esters is 1. The summed E-state index contributed by atoms with van der Waals surface area (Å²) in [7, 11) is 1.63. The van der Waals surface area contributed by atoms with E-state index in [1.54, 1.807) is 78.1 Å². The molecule has 29 heteroatoms. The molecule has 7 N–H and O–H groups in total. The zero-order valence-electron chi connectivity index (χ0n) is 54.6. The SMILES string of the molecule is COCCOCCOCCOCCOCCOCCOCCOCCOCCOCCOCCOc1ccc(C[C@H](C(=O)N[C@@H](C(=O)N[C@H](C)C(=O)Nc2ccc(COC(=O)C(C)(C)C)c(CC[C@@H]3O[C@H](C(=O)O)[C@@H](O)[C@H](O)[C@H]3O)c2)C(C)C)N2C(=O)C=CC2=O)cc1. The van der Waals surface area contributed by atoms with Crippen molar-refractivity contribution in [2.75, 3.05) is 158 Å². The number of carboxylic acid groups (broad SMARTS) is 1. The van der Waals surface area contributed by atoms with E-state index in [2.05, 4.69) is 16.0 Å². The predicted octanol–water partition coefficient (Wildman–Crippen LogP) is 0.955. The number of carboxylic acids is 1. The van der Waals surface area contributed by atoms with Gasteiger partial charge >= 0.3 is 11.9 Å². The van der Waals surface area contributed by atoms with Gasteiger partial charge in [-0.2, -0.15) is 0 Å². The third kappa shape index (κ3) is 30.4. The number of carbonyl (C=O) groups is 7. The van der Waals surface area contributed by atoms with E-state index in [0.717, 1.165) is 17.1 Å². The standard InChI is InChI=1S/C64H98N4O25/c1-43(2)54(61(76)65-44(3)59(74)66-48-12-10-47(42-92-63(79)64(4,5)6)46(41-48)11-15-51-55(71)56(72)57(73)58(93-51)62(77)78)67-60(75)50(68-52(69)16-17-53(68)70)40-45-8-13-49(14-9-45)91-39-38-90-37-36-89-35-34-88-33-32-87-31-30-86-29-28-85-27-26-84-25-24-83-23-22-82-21-20-81-19-18-80-7/h8-10,12-14,16-17,41,43-44,50-51,54-58,71-73H,11,15,18-40,42H2,1-7H3,(H,65,76)(H,66,74)(H,67,75)(H,77,78)/t44-,50-,51+,54-,55+,56-,57+,58+/m1/s1. The fourth-order valence-electron chi connectivity index (χ4n) is 8.94. The summed E-state index contributed by atoms with van der Waals surface area (Å²) >= 11 is 0. The molecule has 4 rings (SSSR count). The number of methoxy groups -OCH3 is 1. The molecule has 2 aliphatic heterocycles. The van der Waals surface area contributed by atoms with Gasteiger partial charge in [0.1, 0.15) is 55.4 Å². The molecule has 524 valence electrons. The average molecular weight is 1320 g/mol. The molecule has 93 heavy (non-hydrogen) atoms. The fourth-order valence-corrected chi connectivity index (χ4v) is 8.94. The van der Waals surface area contributed by atoms with Crippen LogP contribution < -0.4 is 20.7 Å². The molecule has 8 atom stereocenters. The number of aliphatic hydroxyl groups excluding tert-OH is 3. The van der Waals surface area contributed by atoms with Crippen LogP contribution in [0.2, 0.25) is 0 Å². The van der Waals surface area contributed by atoms with E-state index >= 15 is 0 Å². The van der Waals surface area contributed by atoms with Crippen molar-refractivity contribution in [2.24, 2.45) is 11.3 Å². The van der Waals surface area contributed by atoms with Crippen LogP contribution in [0.1, 0.15) is 64.7 Å². The van der Waals surface area contributed by atoms with E-state index in [4.69, 9.17) is 66.3 Å². The Balaban J connectivity index is 1.11. The van der Waals surface area contributed by atoms with Crippen LogP contribution in [0.5, 0.6) is 5.75 Å². The van der Waals surface area contributed by atoms with E-state index in [1.807, 2.05) is 0 Å². The number of hydrogen-bond donors (Lipinski definition) is 7. The van der Waals surface area contributed by atoms with E-state index in [0.29, 0.717) is 155 Å². The first kappa shape index (κ1) is 79.3. The van der Waals surface area contributed by atoms with Crippen LogP contribution in [-0.4, -0.2) is 268 Å². The molecular weight excluding hydrogens is 1220 g/mol. The smallest absolute Gasteiger partial charge is 0.335 e. The molecule has 2 aromatic rings. The molecule has 2 heterocycles. The molecule has 0 aromatic heterocycles. The largest absolute Gasteiger partial charge is 0.491 e. The Morgan fingerprint density at radius 2 is 1.03 bits per heavy atom. The van der Waals surface area contributed by atoms with Gasteiger partial charge < -0.3 is 103 Å². The van der Waals surface area contributed by atoms with Crippen LogP contribution in [0.4, 0.5) is 5.69 Å². The van der Waals surface area contributed by atoms with Crippen molar-refractivity contribution in [1.82, 2.24) is 15.5 Å². The summed E-state index contributed by atoms with van der Waals surface area (Å²) in [6, 6.07) is 7.59. The highest BCUT2D eigenvalue weighted by Gasteiger charge is 2.47. The Morgan fingerprint density at radius 1 is 0.570 bits per heavy atom. The van der Waals surface area contributed by atoms with E-state index in [-0.39, 0.29) is 44.8 Å². The molecule has 2 aliphatic rings. The van der Waals surface area contributed by atoms with Crippen molar-refractivity contribution >= 4 is 47.2 Å². The molecular formula is C64H98N4O25. The maximum absolute atomic E-state index is 14.2. The molecule has 0 bridgehead atoms. The lowest BCUT2D eigenvalue weighted by Crippen LogP contribution is -2.59. The maximum Gasteiger partial charge on any atom is 0.335 e. The van der Waals surface area contributed by atoms with Crippen LogP contribution in [0, 0.1) is 11.3 Å². The highest BCUT2D eigenvalue weighted by molar-refractivity contribution is 6.15. The summed E-state index contributed by atoms with van der Waals surface area (Å²) < 4.78 is 76.7. The first-order valence-corrected chi connectivity index (χ1v) is 31.3. The topological polar surface area (TPSA) is 369 Å². The number of nitrogens with one attached hydrogen (secondary N) is 3. The number of imide groups is 1. The van der Waals surface area contributed by atoms with Crippen LogP contribution in [0.25, 0.3) is 0 Å². The van der Waals surface area contributed by atoms with Crippen LogP contribution >= 0.6 is 0 Å². The molecule has 0 saturated carbocycles. The van der Waals surface area contributed by atoms with E-state index in [1.165, 1.54) is 13.0 Å². The summed E-state index contributed by atoms with van der Waals surface area (Å²) in [4.78, 5) is 92.9. The molecule has 5 amide bonds. The van der Waals surface area contributed by atoms with Crippen molar-refractivity contribution < 1.29 is 120 Å². The van der Waals surface area contributed by atoms with Gasteiger partial charge in [0.25, 0.3) is 11.8 Å². The Kier molecular flexibility index (Phi) is 38.0. The number of aryl methyl sites for hydroxylation is 1. The number of benzene rings is 2. The van der Waals surface area contributed by atoms with Gasteiger partial charge in [-0.05, 0) is 87.4 Å². The first-order valence-electron chi connectivity index (χ1n) is 31.3. The normalized spacial score (nSPS) is 18.4. The zero-order chi connectivity index (χ0) is 68.0. The van der Waals surface area contributed by atoms with Crippen molar-refractivity contribution in [1.29, 1.82) is 0 Å². The highest BCUT2D eigenvalue weighted by Crippen LogP contribution is 2.28. The lowest BCUT2D eigenvalue weighted by atomic mass is 9.91. The maximum atomic E-state index is 14.2. The van der Waals surface area contributed by atoms with Gasteiger partial charge in [-0.1, -0.05) is 32.0 Å². The number of aliphatic carboxylic acids is 1. The number of rotatable bonds is 50. The summed E-state index contributed by atoms with van der Waals surface area (Å²) in [5.41, 5.74) is 0.974. The van der Waals surface area contributed by atoms with Crippen molar-refractivity contribution in [3.05, 3.63) is 71.3 Å². The quantitative estimate of drug-likeness (QED) is 0.0275. The number of anilines is 1. The second kappa shape index (κ2) is 44.5. The Bertz CT molecular complexity index is 2550. The first-order chi connectivity index (χ1) is 44.6. The third-order valence-electron chi connectivity index (χ3n) is 14.2. The Labute approximate surface area is 543 Å². The van der Waals surface area contributed by atoms with Crippen molar-refractivity contribution in [3.8, 4) is 5.75 Å². The van der Waals surface area contributed by atoms with Gasteiger partial charge in [0.2, 0.25) is 17.7 Å². The molecule has 1 saturated heterocycles. The number of ether oxygens (including phenoxy) is 14. The predicted molar refractivity (Wildman–Crippen MR) is 332 cm³/mol. The fraction of sp³-hybridized carbons (Fsp3) is 0.672. The molecule has 0 radical (unpaired) electrons. The number of carbonyl (C=O) groups excluding carboxylic acids is 6. The van der Waals surface area contributed by atoms with Gasteiger partial charge in [-0.15, -0.1) is 0 Å². The second-order valence-electron chi connectivity index (χ2n) is 22.9. The Hall–Kier alpha value is -6.13. The molecule has 0 spiro atoms. The van der Waals surface area contributed by atoms with Gasteiger partial charge in [0, 0.05) is 31.4 Å². The van der Waals surface area contributed by atoms with Gasteiger partial charge in [-0.25, -0.2) is 4.79 Å². The van der Waals surface area contributed by atoms with Gasteiger partial charge in [0.05, 0.1) is 150 Å². The minimum absolute atomic E-state index is 0.0596. The van der Waals surface area contributed by atoms with E-state index < -0.39 is 101 Å². The summed E-state index contributed by atoms with van der Waals surface area (Å²) in [5, 5.41) is 48.8. The number of nitrogens with zero attached hydrogens (tertiary/aromatic N) is 1. The minimum Gasteiger partial charge on any atom is -0.491 e. The molecule has 0 aliphatic carbocycles. The van der Waals surface area contributed by atoms with Crippen LogP contribution in [0.3, 0.4) is 0 Å². The minimum atomic E-state index is -1.88. The number of hydrogen-bond acceptors (Lipinski definition) is 24. The highest BCUT2D eigenvalue weighted by atomic mass is 16.6. The monoisotopic (exact) mass is 1320 g/mol.